The number of nitrogens with zero attached hydrogens (tertiary/aromatic N) is 3. The summed E-state index contributed by atoms with van der Waals surface area (Å²) >= 11 is 0. The van der Waals surface area contributed by atoms with Crippen molar-refractivity contribution in [1.29, 1.82) is 0 Å². The third kappa shape index (κ3) is 4.63. The molecule has 8 heteroatoms. The Bertz CT molecular complexity index is 725. The number of nitrogens with one attached hydrogen (secondary N) is 1. The van der Waals surface area contributed by atoms with E-state index in [0.29, 0.717) is 12.5 Å². The predicted molar refractivity (Wildman–Crippen MR) is 87.9 cm³/mol. The summed E-state index contributed by atoms with van der Waals surface area (Å²) in [6, 6.07) is 9.66. The normalized spacial score (nSPS) is 18.0. The maximum Gasteiger partial charge on any atom is 0.358 e. The van der Waals surface area contributed by atoms with Crippen LogP contribution in [0.1, 0.15) is 34.9 Å². The van der Waals surface area contributed by atoms with Gasteiger partial charge in [0.05, 0.1) is 12.2 Å². The largest absolute Gasteiger partial charge is 0.476 e. The molecule has 8 nitrogen and oxygen atoms in total. The molecule has 0 aliphatic carbocycles. The lowest BCUT2D eigenvalue weighted by atomic mass is 9.94. The van der Waals surface area contributed by atoms with Gasteiger partial charge in [-0.15, -0.1) is 5.10 Å². The Morgan fingerprint density at radius 3 is 2.80 bits per heavy atom. The summed E-state index contributed by atoms with van der Waals surface area (Å²) in [5.74, 6) is -1.000. The maximum absolute atomic E-state index is 12.4. The average Bonchev–Trinajstić information content (AvgIpc) is 3.27. The van der Waals surface area contributed by atoms with Crippen molar-refractivity contribution in [2.75, 3.05) is 13.2 Å². The number of hydrogen-bond acceptors (Lipinski definition) is 5. The van der Waals surface area contributed by atoms with Gasteiger partial charge in [-0.05, 0) is 24.3 Å². The fourth-order valence-corrected chi connectivity index (χ4v) is 2.93. The van der Waals surface area contributed by atoms with Gasteiger partial charge in [-0.1, -0.05) is 35.5 Å². The van der Waals surface area contributed by atoms with Gasteiger partial charge in [0.25, 0.3) is 0 Å². The fourth-order valence-electron chi connectivity index (χ4n) is 2.93. The van der Waals surface area contributed by atoms with Crippen LogP contribution in [0.3, 0.4) is 0 Å². The van der Waals surface area contributed by atoms with E-state index in [0.717, 1.165) is 25.0 Å². The van der Waals surface area contributed by atoms with Crippen molar-refractivity contribution < 1.29 is 19.4 Å². The van der Waals surface area contributed by atoms with Gasteiger partial charge in [-0.25, -0.2) is 9.48 Å². The number of aromatic nitrogens is 3. The van der Waals surface area contributed by atoms with E-state index in [-0.39, 0.29) is 24.2 Å². The predicted octanol–water partition coefficient (Wildman–Crippen LogP) is 1.26. The van der Waals surface area contributed by atoms with Gasteiger partial charge in [0.2, 0.25) is 5.91 Å². The van der Waals surface area contributed by atoms with Crippen LogP contribution in [0, 0.1) is 5.92 Å². The van der Waals surface area contributed by atoms with Crippen molar-refractivity contribution in [3.8, 4) is 0 Å². The lowest BCUT2D eigenvalue weighted by Crippen LogP contribution is -2.33. The minimum Gasteiger partial charge on any atom is -0.476 e. The first-order valence-corrected chi connectivity index (χ1v) is 8.17. The van der Waals surface area contributed by atoms with Crippen LogP contribution in [-0.4, -0.2) is 45.2 Å². The highest BCUT2D eigenvalue weighted by Gasteiger charge is 2.23. The minimum absolute atomic E-state index is 0.0786. The van der Waals surface area contributed by atoms with Crippen LogP contribution in [0.4, 0.5) is 0 Å². The Kier molecular flexibility index (Phi) is 5.39. The van der Waals surface area contributed by atoms with Gasteiger partial charge in [-0.3, -0.25) is 4.79 Å². The summed E-state index contributed by atoms with van der Waals surface area (Å²) in [6.45, 7) is 1.39. The van der Waals surface area contributed by atoms with Crippen LogP contribution in [-0.2, 0) is 16.1 Å². The number of benzene rings is 1. The lowest BCUT2D eigenvalue weighted by Gasteiger charge is -2.22. The van der Waals surface area contributed by atoms with E-state index in [2.05, 4.69) is 15.6 Å². The molecule has 1 amide bonds. The molecule has 1 aromatic carbocycles. The molecule has 1 aromatic heterocycles. The summed E-state index contributed by atoms with van der Waals surface area (Å²) in [7, 11) is 0. The molecule has 2 atom stereocenters. The molecular weight excluding hydrogens is 324 g/mol. The molecule has 2 heterocycles. The first-order valence-electron chi connectivity index (χ1n) is 8.17. The Morgan fingerprint density at radius 1 is 1.36 bits per heavy atom. The van der Waals surface area contributed by atoms with E-state index >= 15 is 0 Å². The summed E-state index contributed by atoms with van der Waals surface area (Å²) in [4.78, 5) is 23.2. The molecule has 25 heavy (non-hydrogen) atoms. The Balaban J connectivity index is 1.65. The van der Waals surface area contributed by atoms with E-state index in [9.17, 15) is 9.59 Å². The third-order valence-electron chi connectivity index (χ3n) is 4.19. The van der Waals surface area contributed by atoms with Gasteiger partial charge >= 0.3 is 5.97 Å². The van der Waals surface area contributed by atoms with E-state index < -0.39 is 5.97 Å². The van der Waals surface area contributed by atoms with E-state index in [4.69, 9.17) is 9.84 Å². The second-order valence-electron chi connectivity index (χ2n) is 6.10. The Morgan fingerprint density at radius 2 is 2.16 bits per heavy atom. The van der Waals surface area contributed by atoms with E-state index in [1.54, 1.807) is 0 Å². The number of amides is 1. The number of rotatable bonds is 7. The number of carbonyl (C=O) groups is 2. The molecule has 0 saturated carbocycles. The van der Waals surface area contributed by atoms with Gasteiger partial charge < -0.3 is 15.2 Å². The molecule has 2 unspecified atom stereocenters. The first kappa shape index (κ1) is 17.1. The first-order chi connectivity index (χ1) is 12.1. The minimum atomic E-state index is -1.17. The highest BCUT2D eigenvalue weighted by molar-refractivity contribution is 5.84. The van der Waals surface area contributed by atoms with Crippen molar-refractivity contribution in [2.24, 2.45) is 5.92 Å². The van der Waals surface area contributed by atoms with Gasteiger partial charge in [0.15, 0.2) is 5.69 Å². The van der Waals surface area contributed by atoms with Crippen molar-refractivity contribution in [1.82, 2.24) is 20.3 Å². The number of carbonyl (C=O) groups excluding carboxylic acids is 1. The van der Waals surface area contributed by atoms with Crippen molar-refractivity contribution in [3.05, 3.63) is 47.8 Å². The maximum atomic E-state index is 12.4. The van der Waals surface area contributed by atoms with Gasteiger partial charge in [0.1, 0.15) is 6.54 Å². The molecular formula is C17H20N4O4. The van der Waals surface area contributed by atoms with Gasteiger partial charge in [0, 0.05) is 13.2 Å². The zero-order valence-corrected chi connectivity index (χ0v) is 13.7. The molecule has 1 aliphatic heterocycles. The van der Waals surface area contributed by atoms with Crippen LogP contribution < -0.4 is 5.32 Å². The van der Waals surface area contributed by atoms with E-state index in [1.165, 1.54) is 10.9 Å². The molecule has 2 aromatic rings. The molecule has 2 N–H and O–H groups in total. The summed E-state index contributed by atoms with van der Waals surface area (Å²) in [5.41, 5.74) is 0.850. The van der Waals surface area contributed by atoms with Crippen LogP contribution in [0.2, 0.25) is 0 Å². The van der Waals surface area contributed by atoms with Gasteiger partial charge in [-0.2, -0.15) is 0 Å². The van der Waals surface area contributed by atoms with Crippen molar-refractivity contribution in [2.45, 2.75) is 25.4 Å². The standard InChI is InChI=1S/C17H20N4O4/c22-16(10-21-9-15(17(23)24)19-20-21)18-14(8-12-6-7-25-11-12)13-4-2-1-3-5-13/h1-5,9,12,14H,6-8,10-11H2,(H,18,22)(H,23,24). The molecule has 0 spiro atoms. The van der Waals surface area contributed by atoms with Crippen LogP contribution >= 0.6 is 0 Å². The molecule has 1 fully saturated rings. The topological polar surface area (TPSA) is 106 Å². The fraction of sp³-hybridized carbons (Fsp3) is 0.412. The number of aromatic carboxylic acids is 1. The molecule has 0 radical (unpaired) electrons. The van der Waals surface area contributed by atoms with E-state index in [1.807, 2.05) is 30.3 Å². The highest BCUT2D eigenvalue weighted by Crippen LogP contribution is 2.26. The monoisotopic (exact) mass is 344 g/mol. The van der Waals surface area contributed by atoms with Crippen molar-refractivity contribution in [3.63, 3.8) is 0 Å². The smallest absolute Gasteiger partial charge is 0.358 e. The molecule has 0 bridgehead atoms. The highest BCUT2D eigenvalue weighted by atomic mass is 16.5. The summed E-state index contributed by atoms with van der Waals surface area (Å²) < 4.78 is 6.65. The van der Waals surface area contributed by atoms with Crippen molar-refractivity contribution >= 4 is 11.9 Å². The zero-order chi connectivity index (χ0) is 17.6. The summed E-state index contributed by atoms with van der Waals surface area (Å²) in [5, 5.41) is 19.0. The number of carboxylic acids is 1. The summed E-state index contributed by atoms with van der Waals surface area (Å²) in [6.07, 6.45) is 3.03. The number of hydrogen-bond donors (Lipinski definition) is 2. The molecule has 1 aliphatic rings. The SMILES string of the molecule is O=C(Cn1cc(C(=O)O)nn1)NC(CC1CCOC1)c1ccccc1. The average molecular weight is 344 g/mol. The van der Waals surface area contributed by atoms with Crippen LogP contribution in [0.25, 0.3) is 0 Å². The lowest BCUT2D eigenvalue weighted by molar-refractivity contribution is -0.122. The number of carboxylic acid groups (broad SMARTS) is 1. The van der Waals surface area contributed by atoms with Crippen LogP contribution in [0.5, 0.6) is 0 Å². The van der Waals surface area contributed by atoms with Crippen LogP contribution in [0.15, 0.2) is 36.5 Å². The third-order valence-corrected chi connectivity index (χ3v) is 4.19. The Labute approximate surface area is 144 Å². The molecule has 1 saturated heterocycles. The molecule has 132 valence electrons. The second-order valence-corrected chi connectivity index (χ2v) is 6.10. The number of ether oxygens (including phenoxy) is 1. The quantitative estimate of drug-likeness (QED) is 0.783. The second kappa shape index (κ2) is 7.89. The Hall–Kier alpha value is -2.74. The zero-order valence-electron chi connectivity index (χ0n) is 13.7. The molecule has 3 rings (SSSR count).